The number of halogens is 1. The van der Waals surface area contributed by atoms with E-state index < -0.39 is 11.9 Å². The third kappa shape index (κ3) is 3.44. The standard InChI is InChI=1S/C17H17FO2/c1-2-12-3-5-13(6-4-12)11-16(17(19)20)14-7-9-15(18)10-8-14/h3-10,16H,2,11H2,1H3,(H,19,20). The molecule has 3 heteroatoms. The number of carboxylic acids is 1. The van der Waals surface area contributed by atoms with Crippen molar-refractivity contribution in [3.8, 4) is 0 Å². The Balaban J connectivity index is 2.20. The van der Waals surface area contributed by atoms with Crippen molar-refractivity contribution in [3.63, 3.8) is 0 Å². The Bertz CT molecular complexity index is 573. The molecule has 0 aliphatic rings. The van der Waals surface area contributed by atoms with Gasteiger partial charge in [0, 0.05) is 0 Å². The molecule has 0 heterocycles. The van der Waals surface area contributed by atoms with E-state index in [0.717, 1.165) is 12.0 Å². The highest BCUT2D eigenvalue weighted by Gasteiger charge is 2.20. The summed E-state index contributed by atoms with van der Waals surface area (Å²) in [6.45, 7) is 2.08. The fourth-order valence-electron chi connectivity index (χ4n) is 2.19. The van der Waals surface area contributed by atoms with Crippen molar-refractivity contribution in [1.82, 2.24) is 0 Å². The molecule has 2 rings (SSSR count). The van der Waals surface area contributed by atoms with Gasteiger partial charge in [0.25, 0.3) is 0 Å². The Morgan fingerprint density at radius 2 is 1.60 bits per heavy atom. The van der Waals surface area contributed by atoms with Crippen LogP contribution in [0.1, 0.15) is 29.5 Å². The first-order valence-corrected chi connectivity index (χ1v) is 6.66. The summed E-state index contributed by atoms with van der Waals surface area (Å²) in [4.78, 5) is 11.4. The van der Waals surface area contributed by atoms with Crippen LogP contribution in [0.25, 0.3) is 0 Å². The summed E-state index contributed by atoms with van der Waals surface area (Å²) < 4.78 is 12.9. The molecule has 0 saturated heterocycles. The molecule has 1 N–H and O–H groups in total. The smallest absolute Gasteiger partial charge is 0.311 e. The van der Waals surface area contributed by atoms with Gasteiger partial charge in [-0.15, -0.1) is 0 Å². The van der Waals surface area contributed by atoms with Crippen LogP contribution in [0.2, 0.25) is 0 Å². The first-order valence-electron chi connectivity index (χ1n) is 6.66. The highest BCUT2D eigenvalue weighted by molar-refractivity contribution is 5.76. The van der Waals surface area contributed by atoms with E-state index in [0.29, 0.717) is 12.0 Å². The van der Waals surface area contributed by atoms with Crippen molar-refractivity contribution in [3.05, 3.63) is 71.0 Å². The molecule has 20 heavy (non-hydrogen) atoms. The molecule has 104 valence electrons. The average Bonchev–Trinajstić information content (AvgIpc) is 2.46. The largest absolute Gasteiger partial charge is 0.481 e. The zero-order chi connectivity index (χ0) is 14.5. The molecule has 0 aromatic heterocycles. The number of benzene rings is 2. The van der Waals surface area contributed by atoms with E-state index in [9.17, 15) is 14.3 Å². The maximum absolute atomic E-state index is 12.9. The molecule has 2 aromatic rings. The topological polar surface area (TPSA) is 37.3 Å². The number of carboxylic acid groups (broad SMARTS) is 1. The minimum Gasteiger partial charge on any atom is -0.481 e. The number of aliphatic carboxylic acids is 1. The van der Waals surface area contributed by atoms with Crippen molar-refractivity contribution < 1.29 is 14.3 Å². The van der Waals surface area contributed by atoms with E-state index >= 15 is 0 Å². The molecule has 0 saturated carbocycles. The summed E-state index contributed by atoms with van der Waals surface area (Å²) in [6, 6.07) is 13.6. The van der Waals surface area contributed by atoms with Crippen molar-refractivity contribution in [2.75, 3.05) is 0 Å². The molecule has 0 bridgehead atoms. The number of carbonyl (C=O) groups is 1. The van der Waals surface area contributed by atoms with Crippen LogP contribution in [-0.4, -0.2) is 11.1 Å². The van der Waals surface area contributed by atoms with Crippen molar-refractivity contribution in [2.24, 2.45) is 0 Å². The number of hydrogen-bond donors (Lipinski definition) is 1. The van der Waals surface area contributed by atoms with E-state index in [1.165, 1.54) is 29.8 Å². The van der Waals surface area contributed by atoms with E-state index in [1.807, 2.05) is 24.3 Å². The van der Waals surface area contributed by atoms with Gasteiger partial charge in [0.15, 0.2) is 0 Å². The minimum absolute atomic E-state index is 0.356. The van der Waals surface area contributed by atoms with Crippen LogP contribution < -0.4 is 0 Å². The lowest BCUT2D eigenvalue weighted by Crippen LogP contribution is -2.14. The summed E-state index contributed by atoms with van der Waals surface area (Å²) in [5, 5.41) is 9.36. The molecule has 0 aliphatic heterocycles. The fourth-order valence-corrected chi connectivity index (χ4v) is 2.19. The van der Waals surface area contributed by atoms with Gasteiger partial charge in [-0.05, 0) is 41.7 Å². The minimum atomic E-state index is -0.892. The van der Waals surface area contributed by atoms with Crippen molar-refractivity contribution >= 4 is 5.97 Å². The second kappa shape index (κ2) is 6.33. The van der Waals surface area contributed by atoms with E-state index in [-0.39, 0.29) is 5.82 Å². The van der Waals surface area contributed by atoms with Crippen LogP contribution in [0, 0.1) is 5.82 Å². The van der Waals surface area contributed by atoms with Gasteiger partial charge in [-0.1, -0.05) is 43.3 Å². The first-order chi connectivity index (χ1) is 9.60. The molecule has 0 spiro atoms. The predicted octanol–water partition coefficient (Wildman–Crippen LogP) is 3.80. The number of hydrogen-bond acceptors (Lipinski definition) is 1. The summed E-state index contributed by atoms with van der Waals surface area (Å²) >= 11 is 0. The molecule has 1 unspecified atom stereocenters. The summed E-state index contributed by atoms with van der Waals surface area (Å²) in [7, 11) is 0. The zero-order valence-electron chi connectivity index (χ0n) is 11.3. The van der Waals surface area contributed by atoms with Crippen LogP contribution in [0.15, 0.2) is 48.5 Å². The van der Waals surface area contributed by atoms with Crippen LogP contribution in [0.5, 0.6) is 0 Å². The lowest BCUT2D eigenvalue weighted by atomic mass is 9.91. The molecule has 0 aliphatic carbocycles. The van der Waals surface area contributed by atoms with Crippen LogP contribution in [0.3, 0.4) is 0 Å². The fraction of sp³-hybridized carbons (Fsp3) is 0.235. The Hall–Kier alpha value is -2.16. The molecule has 0 amide bonds. The van der Waals surface area contributed by atoms with Crippen LogP contribution >= 0.6 is 0 Å². The van der Waals surface area contributed by atoms with Crippen molar-refractivity contribution in [1.29, 1.82) is 0 Å². The third-order valence-corrected chi connectivity index (χ3v) is 3.44. The Kier molecular flexibility index (Phi) is 4.51. The van der Waals surface area contributed by atoms with Gasteiger partial charge >= 0.3 is 5.97 Å². The lowest BCUT2D eigenvalue weighted by molar-refractivity contribution is -0.138. The highest BCUT2D eigenvalue weighted by atomic mass is 19.1. The Labute approximate surface area is 117 Å². The third-order valence-electron chi connectivity index (χ3n) is 3.44. The molecule has 1 atom stereocenters. The first kappa shape index (κ1) is 14.3. The maximum atomic E-state index is 12.9. The number of rotatable bonds is 5. The average molecular weight is 272 g/mol. The van der Waals surface area contributed by atoms with Gasteiger partial charge in [0.2, 0.25) is 0 Å². The van der Waals surface area contributed by atoms with Gasteiger partial charge in [0.1, 0.15) is 5.82 Å². The van der Waals surface area contributed by atoms with E-state index in [2.05, 4.69) is 6.92 Å². The molecule has 2 aromatic carbocycles. The van der Waals surface area contributed by atoms with Gasteiger partial charge in [-0.2, -0.15) is 0 Å². The lowest BCUT2D eigenvalue weighted by Gasteiger charge is -2.13. The zero-order valence-corrected chi connectivity index (χ0v) is 11.3. The highest BCUT2D eigenvalue weighted by Crippen LogP contribution is 2.22. The SMILES string of the molecule is CCc1ccc(CC(C(=O)O)c2ccc(F)cc2)cc1. The van der Waals surface area contributed by atoms with E-state index in [1.54, 1.807) is 0 Å². The molecular formula is C17H17FO2. The Morgan fingerprint density at radius 3 is 2.10 bits per heavy atom. The second-order valence-electron chi connectivity index (χ2n) is 4.82. The van der Waals surface area contributed by atoms with Crippen LogP contribution in [-0.2, 0) is 17.6 Å². The van der Waals surface area contributed by atoms with E-state index in [4.69, 9.17) is 0 Å². The summed E-state index contributed by atoms with van der Waals surface area (Å²) in [5.74, 6) is -1.90. The van der Waals surface area contributed by atoms with Crippen LogP contribution in [0.4, 0.5) is 4.39 Å². The predicted molar refractivity (Wildman–Crippen MR) is 76.3 cm³/mol. The molecular weight excluding hydrogens is 255 g/mol. The normalized spacial score (nSPS) is 12.1. The Morgan fingerprint density at radius 1 is 1.05 bits per heavy atom. The number of aryl methyl sites for hydroxylation is 1. The monoisotopic (exact) mass is 272 g/mol. The molecule has 2 nitrogen and oxygen atoms in total. The van der Waals surface area contributed by atoms with Gasteiger partial charge < -0.3 is 5.11 Å². The quantitative estimate of drug-likeness (QED) is 0.899. The maximum Gasteiger partial charge on any atom is 0.311 e. The summed E-state index contributed by atoms with van der Waals surface area (Å²) in [6.07, 6.45) is 1.37. The van der Waals surface area contributed by atoms with Gasteiger partial charge in [-0.3, -0.25) is 4.79 Å². The summed E-state index contributed by atoms with van der Waals surface area (Å²) in [5.41, 5.74) is 2.82. The molecule has 0 fully saturated rings. The second-order valence-corrected chi connectivity index (χ2v) is 4.82. The van der Waals surface area contributed by atoms with Gasteiger partial charge in [0.05, 0.1) is 5.92 Å². The van der Waals surface area contributed by atoms with Crippen molar-refractivity contribution in [2.45, 2.75) is 25.7 Å². The van der Waals surface area contributed by atoms with Gasteiger partial charge in [-0.25, -0.2) is 4.39 Å². The molecule has 0 radical (unpaired) electrons.